The molecule has 0 spiro atoms. The van der Waals surface area contributed by atoms with Crippen LogP contribution in [0.15, 0.2) is 28.7 Å². The highest BCUT2D eigenvalue weighted by Gasteiger charge is 2.24. The highest BCUT2D eigenvalue weighted by Crippen LogP contribution is 2.15. The molecule has 104 valence electrons. The number of nitrogens with two attached hydrogens (primary N) is 1. The Hall–Kier alpha value is -1.20. The standard InChI is InChI=1S/C14H18BrNO3/c1-14(2,3)19-13(18)11(16)8-12(17)9-5-4-6-10(15)7-9/h4-7,11H,8,16H2,1-3H3. The zero-order valence-corrected chi connectivity index (χ0v) is 12.9. The molecule has 0 fully saturated rings. The number of ether oxygens (including phenoxy) is 1. The van der Waals surface area contributed by atoms with Crippen LogP contribution in [-0.2, 0) is 9.53 Å². The lowest BCUT2D eigenvalue weighted by molar-refractivity contribution is -0.156. The van der Waals surface area contributed by atoms with Gasteiger partial charge in [0.2, 0.25) is 0 Å². The third-order valence-electron chi connectivity index (χ3n) is 2.26. The van der Waals surface area contributed by atoms with Crippen molar-refractivity contribution in [3.63, 3.8) is 0 Å². The van der Waals surface area contributed by atoms with Crippen molar-refractivity contribution in [1.82, 2.24) is 0 Å². The summed E-state index contributed by atoms with van der Waals surface area (Å²) in [5, 5.41) is 0. The number of carbonyl (C=O) groups excluding carboxylic acids is 2. The zero-order valence-electron chi connectivity index (χ0n) is 11.3. The van der Waals surface area contributed by atoms with E-state index >= 15 is 0 Å². The van der Waals surface area contributed by atoms with Crippen LogP contribution in [0.5, 0.6) is 0 Å². The average Bonchev–Trinajstić information content (AvgIpc) is 2.26. The molecule has 0 saturated heterocycles. The third kappa shape index (κ3) is 5.53. The number of rotatable bonds is 4. The van der Waals surface area contributed by atoms with Crippen molar-refractivity contribution in [3.8, 4) is 0 Å². The zero-order chi connectivity index (χ0) is 14.6. The molecule has 5 heteroatoms. The van der Waals surface area contributed by atoms with Gasteiger partial charge in [-0.1, -0.05) is 28.1 Å². The number of benzene rings is 1. The molecule has 0 amide bonds. The van der Waals surface area contributed by atoms with E-state index in [4.69, 9.17) is 10.5 Å². The molecule has 1 atom stereocenters. The second-order valence-corrected chi connectivity index (χ2v) is 6.19. The SMILES string of the molecule is CC(C)(C)OC(=O)C(N)CC(=O)c1cccc(Br)c1. The molecule has 4 nitrogen and oxygen atoms in total. The molecule has 0 aliphatic heterocycles. The molecule has 0 bridgehead atoms. The molecule has 1 aromatic carbocycles. The summed E-state index contributed by atoms with van der Waals surface area (Å²) in [6.07, 6.45) is -0.0641. The van der Waals surface area contributed by atoms with Gasteiger partial charge in [-0.15, -0.1) is 0 Å². The van der Waals surface area contributed by atoms with Crippen LogP contribution in [0.4, 0.5) is 0 Å². The summed E-state index contributed by atoms with van der Waals surface area (Å²) in [7, 11) is 0. The minimum atomic E-state index is -0.939. The molecule has 19 heavy (non-hydrogen) atoms. The number of carbonyl (C=O) groups is 2. The summed E-state index contributed by atoms with van der Waals surface area (Å²) < 4.78 is 5.94. The van der Waals surface area contributed by atoms with Crippen molar-refractivity contribution in [3.05, 3.63) is 34.3 Å². The molecule has 0 aliphatic rings. The number of Topliss-reactive ketones (excluding diaryl/α,β-unsaturated/α-hetero) is 1. The average molecular weight is 328 g/mol. The van der Waals surface area contributed by atoms with Gasteiger partial charge in [-0.05, 0) is 32.9 Å². The first-order valence-electron chi connectivity index (χ1n) is 5.96. The molecule has 1 rings (SSSR count). The van der Waals surface area contributed by atoms with Gasteiger partial charge in [0.05, 0.1) is 0 Å². The topological polar surface area (TPSA) is 69.4 Å². The van der Waals surface area contributed by atoms with E-state index in [0.717, 1.165) is 4.47 Å². The van der Waals surface area contributed by atoms with Crippen molar-refractivity contribution in [2.45, 2.75) is 38.8 Å². The molecule has 2 N–H and O–H groups in total. The fourth-order valence-electron chi connectivity index (χ4n) is 1.44. The van der Waals surface area contributed by atoms with Crippen molar-refractivity contribution in [1.29, 1.82) is 0 Å². The Balaban J connectivity index is 2.64. The minimum absolute atomic E-state index is 0.0641. The van der Waals surface area contributed by atoms with Gasteiger partial charge in [0.25, 0.3) is 0 Å². The quantitative estimate of drug-likeness (QED) is 0.681. The van der Waals surface area contributed by atoms with Gasteiger partial charge >= 0.3 is 5.97 Å². The molecule has 1 unspecified atom stereocenters. The van der Waals surface area contributed by atoms with Gasteiger partial charge in [0, 0.05) is 16.5 Å². The highest BCUT2D eigenvalue weighted by molar-refractivity contribution is 9.10. The highest BCUT2D eigenvalue weighted by atomic mass is 79.9. The maximum Gasteiger partial charge on any atom is 0.323 e. The maximum atomic E-state index is 12.0. The minimum Gasteiger partial charge on any atom is -0.459 e. The molecular weight excluding hydrogens is 310 g/mol. The lowest BCUT2D eigenvalue weighted by atomic mass is 10.0. The predicted molar refractivity (Wildman–Crippen MR) is 76.9 cm³/mol. The van der Waals surface area contributed by atoms with E-state index in [9.17, 15) is 9.59 Å². The van der Waals surface area contributed by atoms with E-state index in [1.165, 1.54) is 0 Å². The van der Waals surface area contributed by atoms with Crippen LogP contribution in [0.3, 0.4) is 0 Å². The van der Waals surface area contributed by atoms with Crippen molar-refractivity contribution in [2.75, 3.05) is 0 Å². The molecular formula is C14H18BrNO3. The number of hydrogen-bond acceptors (Lipinski definition) is 4. The summed E-state index contributed by atoms with van der Waals surface area (Å²) in [5.74, 6) is -0.740. The van der Waals surface area contributed by atoms with Crippen LogP contribution >= 0.6 is 15.9 Å². The fourth-order valence-corrected chi connectivity index (χ4v) is 1.84. The van der Waals surface area contributed by atoms with E-state index in [-0.39, 0.29) is 12.2 Å². The Kier molecular flexibility index (Phi) is 5.26. The molecule has 0 aliphatic carbocycles. The normalized spacial score (nSPS) is 12.9. The second-order valence-electron chi connectivity index (χ2n) is 5.28. The Morgan fingerprint density at radius 2 is 2.00 bits per heavy atom. The Labute approximate surface area is 121 Å². The van der Waals surface area contributed by atoms with E-state index < -0.39 is 17.6 Å². The van der Waals surface area contributed by atoms with Crippen LogP contribution in [-0.4, -0.2) is 23.4 Å². The van der Waals surface area contributed by atoms with E-state index in [0.29, 0.717) is 5.56 Å². The molecule has 0 radical (unpaired) electrons. The van der Waals surface area contributed by atoms with E-state index in [1.807, 2.05) is 6.07 Å². The Bertz CT molecular complexity index is 480. The van der Waals surface area contributed by atoms with Gasteiger partial charge in [-0.25, -0.2) is 0 Å². The van der Waals surface area contributed by atoms with Gasteiger partial charge in [0.15, 0.2) is 5.78 Å². The number of hydrogen-bond donors (Lipinski definition) is 1. The predicted octanol–water partition coefficient (Wildman–Crippen LogP) is 2.69. The molecule has 0 aromatic heterocycles. The van der Waals surface area contributed by atoms with Crippen LogP contribution in [0.25, 0.3) is 0 Å². The van der Waals surface area contributed by atoms with Crippen molar-refractivity contribution >= 4 is 27.7 Å². The summed E-state index contributed by atoms with van der Waals surface area (Å²) in [4.78, 5) is 23.7. The first-order valence-corrected chi connectivity index (χ1v) is 6.75. The van der Waals surface area contributed by atoms with Crippen molar-refractivity contribution < 1.29 is 14.3 Å². The largest absolute Gasteiger partial charge is 0.459 e. The van der Waals surface area contributed by atoms with Gasteiger partial charge in [-0.3, -0.25) is 9.59 Å². The van der Waals surface area contributed by atoms with Crippen LogP contribution in [0.2, 0.25) is 0 Å². The van der Waals surface area contributed by atoms with Gasteiger partial charge < -0.3 is 10.5 Å². The van der Waals surface area contributed by atoms with Crippen molar-refractivity contribution in [2.24, 2.45) is 5.73 Å². The Morgan fingerprint density at radius 3 is 2.53 bits per heavy atom. The smallest absolute Gasteiger partial charge is 0.323 e. The van der Waals surface area contributed by atoms with Crippen LogP contribution in [0, 0.1) is 0 Å². The first-order chi connectivity index (χ1) is 8.69. The maximum absolute atomic E-state index is 12.0. The summed E-state index contributed by atoms with van der Waals surface area (Å²) in [6, 6.07) is 6.03. The van der Waals surface area contributed by atoms with Gasteiger partial charge in [0.1, 0.15) is 11.6 Å². The number of ketones is 1. The lowest BCUT2D eigenvalue weighted by Gasteiger charge is -2.21. The van der Waals surface area contributed by atoms with Crippen LogP contribution < -0.4 is 5.73 Å². The molecule has 0 heterocycles. The number of halogens is 1. The van der Waals surface area contributed by atoms with E-state index in [1.54, 1.807) is 39.0 Å². The number of esters is 1. The van der Waals surface area contributed by atoms with E-state index in [2.05, 4.69) is 15.9 Å². The monoisotopic (exact) mass is 327 g/mol. The first kappa shape index (κ1) is 15.9. The van der Waals surface area contributed by atoms with Crippen LogP contribution in [0.1, 0.15) is 37.6 Å². The van der Waals surface area contributed by atoms with Gasteiger partial charge in [-0.2, -0.15) is 0 Å². The summed E-state index contributed by atoms with van der Waals surface area (Å²) in [5.41, 5.74) is 5.61. The molecule has 0 saturated carbocycles. The summed E-state index contributed by atoms with van der Waals surface area (Å²) in [6.45, 7) is 5.27. The lowest BCUT2D eigenvalue weighted by Crippen LogP contribution is -2.38. The fraction of sp³-hybridized carbons (Fsp3) is 0.429. The second kappa shape index (κ2) is 6.30. The summed E-state index contributed by atoms with van der Waals surface area (Å²) >= 11 is 3.29. The third-order valence-corrected chi connectivity index (χ3v) is 2.75. The molecule has 1 aromatic rings. The Morgan fingerprint density at radius 1 is 1.37 bits per heavy atom.